The maximum atomic E-state index is 11.4. The molecule has 0 aliphatic carbocycles. The Labute approximate surface area is 85.8 Å². The van der Waals surface area contributed by atoms with Crippen LogP contribution in [0.3, 0.4) is 0 Å². The smallest absolute Gasteiger partial charge is 0.220 e. The molecule has 14 heavy (non-hydrogen) atoms. The van der Waals surface area contributed by atoms with Crippen LogP contribution in [-0.2, 0) is 4.79 Å². The molecule has 1 fully saturated rings. The molecular formula is C10H21N3O. The predicted molar refractivity (Wildman–Crippen MR) is 56.9 cm³/mol. The molecular weight excluding hydrogens is 178 g/mol. The zero-order valence-electron chi connectivity index (χ0n) is 9.12. The van der Waals surface area contributed by atoms with Crippen molar-refractivity contribution in [1.82, 2.24) is 10.2 Å². The molecule has 0 spiro atoms. The normalized spacial score (nSPS) is 24.9. The van der Waals surface area contributed by atoms with Gasteiger partial charge in [-0.25, -0.2) is 0 Å². The molecule has 0 radical (unpaired) electrons. The van der Waals surface area contributed by atoms with Crippen LogP contribution < -0.4 is 11.1 Å². The van der Waals surface area contributed by atoms with Crippen LogP contribution >= 0.6 is 0 Å². The zero-order chi connectivity index (χ0) is 10.6. The summed E-state index contributed by atoms with van der Waals surface area (Å²) in [5, 5.41) is 2.84. The standard InChI is InChI=1S/C10H21N3O/c1-8(11)6-12-10(14)5-9-3-4-13(2)7-9/h8-9H,3-7,11H2,1-2H3,(H,12,14). The lowest BCUT2D eigenvalue weighted by atomic mass is 10.0. The van der Waals surface area contributed by atoms with Crippen LogP contribution in [0.4, 0.5) is 0 Å². The first-order chi connectivity index (χ1) is 6.58. The molecule has 0 aromatic heterocycles. The summed E-state index contributed by atoms with van der Waals surface area (Å²) in [7, 11) is 2.10. The lowest BCUT2D eigenvalue weighted by Crippen LogP contribution is -2.36. The van der Waals surface area contributed by atoms with Crippen molar-refractivity contribution in [3.63, 3.8) is 0 Å². The van der Waals surface area contributed by atoms with Gasteiger partial charge in [-0.05, 0) is 32.9 Å². The number of hydrogen-bond acceptors (Lipinski definition) is 3. The zero-order valence-corrected chi connectivity index (χ0v) is 9.12. The van der Waals surface area contributed by atoms with E-state index in [1.165, 1.54) is 0 Å². The van der Waals surface area contributed by atoms with Crippen LogP contribution in [0.2, 0.25) is 0 Å². The van der Waals surface area contributed by atoms with Gasteiger partial charge in [0.2, 0.25) is 5.91 Å². The molecule has 1 saturated heterocycles. The molecule has 0 aromatic carbocycles. The van der Waals surface area contributed by atoms with E-state index in [4.69, 9.17) is 5.73 Å². The van der Waals surface area contributed by atoms with Crippen molar-refractivity contribution in [2.45, 2.75) is 25.8 Å². The van der Waals surface area contributed by atoms with Gasteiger partial charge in [-0.1, -0.05) is 0 Å². The molecule has 1 heterocycles. The van der Waals surface area contributed by atoms with Crippen molar-refractivity contribution in [2.75, 3.05) is 26.7 Å². The molecule has 3 N–H and O–H groups in total. The quantitative estimate of drug-likeness (QED) is 0.659. The number of nitrogens with zero attached hydrogens (tertiary/aromatic N) is 1. The van der Waals surface area contributed by atoms with E-state index in [0.717, 1.165) is 19.5 Å². The summed E-state index contributed by atoms with van der Waals surface area (Å²) in [6.07, 6.45) is 1.79. The van der Waals surface area contributed by atoms with Crippen LogP contribution in [0, 0.1) is 5.92 Å². The third-order valence-corrected chi connectivity index (χ3v) is 2.58. The highest BCUT2D eigenvalue weighted by atomic mass is 16.1. The summed E-state index contributed by atoms with van der Waals surface area (Å²) in [5.41, 5.74) is 5.55. The van der Waals surface area contributed by atoms with Crippen LogP contribution in [0.1, 0.15) is 19.8 Å². The fourth-order valence-electron chi connectivity index (χ4n) is 1.80. The molecule has 2 unspecified atom stereocenters. The highest BCUT2D eigenvalue weighted by Crippen LogP contribution is 2.17. The van der Waals surface area contributed by atoms with Gasteiger partial charge in [0.1, 0.15) is 0 Å². The van der Waals surface area contributed by atoms with Gasteiger partial charge < -0.3 is 16.0 Å². The van der Waals surface area contributed by atoms with Gasteiger partial charge in [-0.2, -0.15) is 0 Å². The first-order valence-corrected chi connectivity index (χ1v) is 5.28. The maximum Gasteiger partial charge on any atom is 0.220 e. The van der Waals surface area contributed by atoms with Gasteiger partial charge in [-0.3, -0.25) is 4.79 Å². The second kappa shape index (κ2) is 5.32. The number of carbonyl (C=O) groups excluding carboxylic acids is 1. The van der Waals surface area contributed by atoms with E-state index in [0.29, 0.717) is 18.9 Å². The molecule has 4 heteroatoms. The molecule has 0 bridgehead atoms. The molecule has 0 saturated carbocycles. The molecule has 1 aliphatic rings. The first kappa shape index (κ1) is 11.5. The summed E-state index contributed by atoms with van der Waals surface area (Å²) >= 11 is 0. The monoisotopic (exact) mass is 199 g/mol. The van der Waals surface area contributed by atoms with Gasteiger partial charge in [0.25, 0.3) is 0 Å². The molecule has 1 aliphatic heterocycles. The molecule has 82 valence electrons. The summed E-state index contributed by atoms with van der Waals surface area (Å²) in [5.74, 6) is 0.677. The molecule has 1 amide bonds. The fourth-order valence-corrected chi connectivity index (χ4v) is 1.80. The molecule has 4 nitrogen and oxygen atoms in total. The molecule has 1 rings (SSSR count). The number of carbonyl (C=O) groups is 1. The Bertz CT molecular complexity index is 194. The van der Waals surface area contributed by atoms with E-state index in [2.05, 4.69) is 17.3 Å². The van der Waals surface area contributed by atoms with Gasteiger partial charge in [0.15, 0.2) is 0 Å². The number of rotatable bonds is 4. The number of nitrogens with one attached hydrogen (secondary N) is 1. The average molecular weight is 199 g/mol. The Hall–Kier alpha value is -0.610. The maximum absolute atomic E-state index is 11.4. The fraction of sp³-hybridized carbons (Fsp3) is 0.900. The van der Waals surface area contributed by atoms with E-state index in [1.54, 1.807) is 0 Å². The highest BCUT2D eigenvalue weighted by Gasteiger charge is 2.21. The summed E-state index contributed by atoms with van der Waals surface area (Å²) < 4.78 is 0. The van der Waals surface area contributed by atoms with Gasteiger partial charge in [0.05, 0.1) is 0 Å². The summed E-state index contributed by atoms with van der Waals surface area (Å²) in [6, 6.07) is 0.0465. The lowest BCUT2D eigenvalue weighted by Gasteiger charge is -2.11. The van der Waals surface area contributed by atoms with Gasteiger partial charge in [-0.15, -0.1) is 0 Å². The van der Waals surface area contributed by atoms with E-state index in [-0.39, 0.29) is 11.9 Å². The molecule has 2 atom stereocenters. The molecule has 0 aromatic rings. The first-order valence-electron chi connectivity index (χ1n) is 5.28. The second-order valence-corrected chi connectivity index (χ2v) is 4.40. The van der Waals surface area contributed by atoms with Gasteiger partial charge >= 0.3 is 0 Å². The summed E-state index contributed by atoms with van der Waals surface area (Å²) in [6.45, 7) is 4.64. The van der Waals surface area contributed by atoms with E-state index in [9.17, 15) is 4.79 Å². The minimum atomic E-state index is 0.0465. The van der Waals surface area contributed by atoms with E-state index in [1.807, 2.05) is 6.92 Å². The summed E-state index contributed by atoms with van der Waals surface area (Å²) in [4.78, 5) is 13.7. The Balaban J connectivity index is 2.14. The predicted octanol–water partition coefficient (Wildman–Crippen LogP) is -0.208. The lowest BCUT2D eigenvalue weighted by molar-refractivity contribution is -0.121. The van der Waals surface area contributed by atoms with Crippen molar-refractivity contribution in [3.05, 3.63) is 0 Å². The second-order valence-electron chi connectivity index (χ2n) is 4.40. The number of likely N-dealkylation sites (tertiary alicyclic amines) is 1. The Kier molecular flexibility index (Phi) is 4.35. The van der Waals surface area contributed by atoms with Crippen molar-refractivity contribution >= 4 is 5.91 Å². The minimum Gasteiger partial charge on any atom is -0.355 e. The van der Waals surface area contributed by atoms with Crippen molar-refractivity contribution in [2.24, 2.45) is 11.7 Å². The van der Waals surface area contributed by atoms with E-state index < -0.39 is 0 Å². The van der Waals surface area contributed by atoms with Crippen molar-refractivity contribution in [1.29, 1.82) is 0 Å². The van der Waals surface area contributed by atoms with Crippen molar-refractivity contribution < 1.29 is 4.79 Å². The van der Waals surface area contributed by atoms with Crippen LogP contribution in [0.5, 0.6) is 0 Å². The number of hydrogen-bond donors (Lipinski definition) is 2. The Morgan fingerprint density at radius 2 is 2.43 bits per heavy atom. The Morgan fingerprint density at radius 3 is 2.93 bits per heavy atom. The van der Waals surface area contributed by atoms with Crippen LogP contribution in [0.15, 0.2) is 0 Å². The topological polar surface area (TPSA) is 58.4 Å². The van der Waals surface area contributed by atoms with E-state index >= 15 is 0 Å². The number of amides is 1. The van der Waals surface area contributed by atoms with Gasteiger partial charge in [0, 0.05) is 25.6 Å². The third kappa shape index (κ3) is 4.07. The van der Waals surface area contributed by atoms with Crippen molar-refractivity contribution in [3.8, 4) is 0 Å². The largest absolute Gasteiger partial charge is 0.355 e. The number of nitrogens with two attached hydrogens (primary N) is 1. The SMILES string of the molecule is CC(N)CNC(=O)CC1CCN(C)C1. The Morgan fingerprint density at radius 1 is 1.71 bits per heavy atom. The minimum absolute atomic E-state index is 0.0465. The van der Waals surface area contributed by atoms with Crippen LogP contribution in [-0.4, -0.2) is 43.5 Å². The van der Waals surface area contributed by atoms with Crippen LogP contribution in [0.25, 0.3) is 0 Å². The highest BCUT2D eigenvalue weighted by molar-refractivity contribution is 5.76. The third-order valence-electron chi connectivity index (χ3n) is 2.58. The average Bonchev–Trinajstić information content (AvgIpc) is 2.48.